The Bertz CT molecular complexity index is 845. The summed E-state index contributed by atoms with van der Waals surface area (Å²) in [5, 5.41) is 2.47. The monoisotopic (exact) mass is 311 g/mol. The summed E-state index contributed by atoms with van der Waals surface area (Å²) in [5.41, 5.74) is 1.77. The fraction of sp³-hybridized carbons (Fsp3) is 0.111. The molecule has 0 unspecified atom stereocenters. The number of halogens is 1. The maximum atomic E-state index is 12.0. The number of carbonyl (C=O) groups excluding carboxylic acids is 1. The van der Waals surface area contributed by atoms with E-state index in [-0.39, 0.29) is 5.69 Å². The highest BCUT2D eigenvalue weighted by atomic mass is 35.5. The number of aromatic nitrogens is 1. The van der Waals surface area contributed by atoms with Crippen LogP contribution in [0.1, 0.15) is 17.4 Å². The van der Waals surface area contributed by atoms with Gasteiger partial charge in [-0.15, -0.1) is 0 Å². The summed E-state index contributed by atoms with van der Waals surface area (Å²) < 4.78 is 5.06. The van der Waals surface area contributed by atoms with E-state index in [1.807, 2.05) is 48.5 Å². The van der Waals surface area contributed by atoms with Crippen molar-refractivity contribution >= 4 is 28.3 Å². The molecule has 3 rings (SSSR count). The molecule has 3 nitrogen and oxygen atoms in total. The van der Waals surface area contributed by atoms with E-state index in [9.17, 15) is 4.79 Å². The predicted molar refractivity (Wildman–Crippen MR) is 88.1 cm³/mol. The van der Waals surface area contributed by atoms with E-state index in [2.05, 4.69) is 4.98 Å². The molecule has 4 heteroatoms. The van der Waals surface area contributed by atoms with Crippen LogP contribution in [0, 0.1) is 0 Å². The SMILES string of the molecule is CCOC(=O)c1cc2ccccc2c(-c2ccccc2Cl)n1. The Morgan fingerprint density at radius 2 is 1.86 bits per heavy atom. The van der Waals surface area contributed by atoms with Crippen molar-refractivity contribution in [2.75, 3.05) is 6.61 Å². The van der Waals surface area contributed by atoms with Crippen LogP contribution < -0.4 is 0 Å². The van der Waals surface area contributed by atoms with Crippen molar-refractivity contribution in [3.05, 3.63) is 65.3 Å². The van der Waals surface area contributed by atoms with Crippen molar-refractivity contribution in [2.45, 2.75) is 6.92 Å². The fourth-order valence-corrected chi connectivity index (χ4v) is 2.59. The second kappa shape index (κ2) is 6.16. The highest BCUT2D eigenvalue weighted by Gasteiger charge is 2.15. The Labute approximate surface area is 133 Å². The molecule has 0 aliphatic carbocycles. The molecule has 0 amide bonds. The minimum Gasteiger partial charge on any atom is -0.461 e. The third kappa shape index (κ3) is 2.68. The zero-order chi connectivity index (χ0) is 15.5. The van der Waals surface area contributed by atoms with Gasteiger partial charge in [0.05, 0.1) is 12.3 Å². The third-order valence-electron chi connectivity index (χ3n) is 3.35. The lowest BCUT2D eigenvalue weighted by Gasteiger charge is -2.10. The lowest BCUT2D eigenvalue weighted by molar-refractivity contribution is 0.0520. The molecule has 0 radical (unpaired) electrons. The second-order valence-electron chi connectivity index (χ2n) is 4.78. The largest absolute Gasteiger partial charge is 0.461 e. The number of nitrogens with zero attached hydrogens (tertiary/aromatic N) is 1. The molecule has 0 saturated carbocycles. The summed E-state index contributed by atoms with van der Waals surface area (Å²) >= 11 is 6.30. The van der Waals surface area contributed by atoms with Crippen molar-refractivity contribution in [3.8, 4) is 11.3 Å². The number of hydrogen-bond donors (Lipinski definition) is 0. The minimum absolute atomic E-state index is 0.287. The Morgan fingerprint density at radius 1 is 1.14 bits per heavy atom. The van der Waals surface area contributed by atoms with Gasteiger partial charge >= 0.3 is 5.97 Å². The van der Waals surface area contributed by atoms with Gasteiger partial charge in [0, 0.05) is 16.0 Å². The molecule has 0 bridgehead atoms. The lowest BCUT2D eigenvalue weighted by Crippen LogP contribution is -2.08. The zero-order valence-corrected chi connectivity index (χ0v) is 12.8. The van der Waals surface area contributed by atoms with Crippen LogP contribution in [0.15, 0.2) is 54.6 Å². The van der Waals surface area contributed by atoms with Crippen LogP contribution in [-0.4, -0.2) is 17.6 Å². The minimum atomic E-state index is -0.429. The van der Waals surface area contributed by atoms with E-state index in [0.717, 1.165) is 16.3 Å². The number of fused-ring (bicyclic) bond motifs is 1. The van der Waals surface area contributed by atoms with Gasteiger partial charge in [0.2, 0.25) is 0 Å². The molecule has 0 spiro atoms. The summed E-state index contributed by atoms with van der Waals surface area (Å²) in [6.07, 6.45) is 0. The number of esters is 1. The Morgan fingerprint density at radius 3 is 2.64 bits per heavy atom. The molecule has 2 aromatic carbocycles. The smallest absolute Gasteiger partial charge is 0.356 e. The van der Waals surface area contributed by atoms with Crippen LogP contribution in [0.3, 0.4) is 0 Å². The topological polar surface area (TPSA) is 39.2 Å². The van der Waals surface area contributed by atoms with Crippen LogP contribution in [0.5, 0.6) is 0 Å². The van der Waals surface area contributed by atoms with Crippen molar-refractivity contribution < 1.29 is 9.53 Å². The van der Waals surface area contributed by atoms with Gasteiger partial charge in [-0.05, 0) is 24.4 Å². The molecule has 0 saturated heterocycles. The first-order valence-corrected chi connectivity index (χ1v) is 7.40. The first-order valence-electron chi connectivity index (χ1n) is 7.02. The summed E-state index contributed by atoms with van der Waals surface area (Å²) in [7, 11) is 0. The molecule has 110 valence electrons. The van der Waals surface area contributed by atoms with Gasteiger partial charge in [0.25, 0.3) is 0 Å². The molecule has 0 N–H and O–H groups in total. The first-order chi connectivity index (χ1) is 10.7. The average molecular weight is 312 g/mol. The molecule has 3 aromatic rings. The maximum absolute atomic E-state index is 12.0. The van der Waals surface area contributed by atoms with E-state index < -0.39 is 5.97 Å². The van der Waals surface area contributed by atoms with Gasteiger partial charge in [0.1, 0.15) is 5.69 Å². The fourth-order valence-electron chi connectivity index (χ4n) is 2.37. The number of pyridine rings is 1. The Hall–Kier alpha value is -2.39. The molecule has 0 atom stereocenters. The number of ether oxygens (including phenoxy) is 1. The first kappa shape index (κ1) is 14.5. The molecule has 0 aliphatic rings. The zero-order valence-electron chi connectivity index (χ0n) is 12.0. The van der Waals surface area contributed by atoms with Gasteiger partial charge in [-0.1, -0.05) is 54.1 Å². The predicted octanol–water partition coefficient (Wildman–Crippen LogP) is 4.73. The second-order valence-corrected chi connectivity index (χ2v) is 5.18. The van der Waals surface area contributed by atoms with Crippen molar-refractivity contribution in [3.63, 3.8) is 0 Å². The third-order valence-corrected chi connectivity index (χ3v) is 3.68. The molecule has 0 aliphatic heterocycles. The Balaban J connectivity index is 2.28. The van der Waals surface area contributed by atoms with E-state index in [1.54, 1.807) is 13.0 Å². The molecule has 1 aromatic heterocycles. The highest BCUT2D eigenvalue weighted by Crippen LogP contribution is 2.32. The maximum Gasteiger partial charge on any atom is 0.356 e. The summed E-state index contributed by atoms with van der Waals surface area (Å²) in [6.45, 7) is 2.09. The quantitative estimate of drug-likeness (QED) is 0.656. The van der Waals surface area contributed by atoms with Crippen LogP contribution in [0.4, 0.5) is 0 Å². The number of carbonyl (C=O) groups is 1. The average Bonchev–Trinajstić information content (AvgIpc) is 2.54. The van der Waals surface area contributed by atoms with Crippen LogP contribution in [0.25, 0.3) is 22.0 Å². The van der Waals surface area contributed by atoms with Crippen molar-refractivity contribution in [1.29, 1.82) is 0 Å². The summed E-state index contributed by atoms with van der Waals surface area (Å²) in [5.74, 6) is -0.429. The highest BCUT2D eigenvalue weighted by molar-refractivity contribution is 6.33. The number of benzene rings is 2. The van der Waals surface area contributed by atoms with E-state index in [4.69, 9.17) is 16.3 Å². The van der Waals surface area contributed by atoms with Crippen LogP contribution in [0.2, 0.25) is 5.02 Å². The molecular weight excluding hydrogens is 298 g/mol. The Kier molecular flexibility index (Phi) is 4.07. The van der Waals surface area contributed by atoms with Gasteiger partial charge in [-0.3, -0.25) is 0 Å². The van der Waals surface area contributed by atoms with Crippen molar-refractivity contribution in [2.24, 2.45) is 0 Å². The summed E-state index contributed by atoms with van der Waals surface area (Å²) in [4.78, 5) is 16.5. The molecule has 0 fully saturated rings. The molecule has 1 heterocycles. The lowest BCUT2D eigenvalue weighted by atomic mass is 10.0. The normalized spacial score (nSPS) is 10.6. The van der Waals surface area contributed by atoms with E-state index in [1.165, 1.54) is 0 Å². The van der Waals surface area contributed by atoms with E-state index >= 15 is 0 Å². The van der Waals surface area contributed by atoms with Crippen LogP contribution >= 0.6 is 11.6 Å². The van der Waals surface area contributed by atoms with Gasteiger partial charge < -0.3 is 4.74 Å². The molecular formula is C18H14ClNO2. The van der Waals surface area contributed by atoms with Gasteiger partial charge in [-0.2, -0.15) is 0 Å². The van der Waals surface area contributed by atoms with E-state index in [0.29, 0.717) is 17.3 Å². The summed E-state index contributed by atoms with van der Waals surface area (Å²) in [6, 6.07) is 17.0. The van der Waals surface area contributed by atoms with Crippen molar-refractivity contribution in [1.82, 2.24) is 4.98 Å². The number of hydrogen-bond acceptors (Lipinski definition) is 3. The number of rotatable bonds is 3. The van der Waals surface area contributed by atoms with Crippen LogP contribution in [-0.2, 0) is 4.74 Å². The van der Waals surface area contributed by atoms with Gasteiger partial charge in [-0.25, -0.2) is 9.78 Å². The molecule has 22 heavy (non-hydrogen) atoms. The van der Waals surface area contributed by atoms with Gasteiger partial charge in [0.15, 0.2) is 0 Å². The standard InChI is InChI=1S/C18H14ClNO2/c1-2-22-18(21)16-11-12-7-3-4-8-13(12)17(20-16)14-9-5-6-10-15(14)19/h3-11H,2H2,1H3.